The third-order valence-corrected chi connectivity index (χ3v) is 7.23. The van der Waals surface area contributed by atoms with Crippen LogP contribution in [0.5, 0.6) is 0 Å². The molecule has 1 heterocycles. The van der Waals surface area contributed by atoms with Gasteiger partial charge in [-0.3, -0.25) is 9.59 Å². The van der Waals surface area contributed by atoms with Crippen molar-refractivity contribution in [1.29, 1.82) is 0 Å². The van der Waals surface area contributed by atoms with E-state index in [1.165, 1.54) is 0 Å². The molecule has 2 unspecified atom stereocenters. The number of rotatable bonds is 6. The third-order valence-electron chi connectivity index (χ3n) is 4.60. The summed E-state index contributed by atoms with van der Waals surface area (Å²) in [7, 11) is 0. The van der Waals surface area contributed by atoms with Crippen LogP contribution in [0.2, 0.25) is 0 Å². The predicted molar refractivity (Wildman–Crippen MR) is 115 cm³/mol. The SMILES string of the molecule is O=C(CC1CCCC(CC(=O)c2ccc(Br)cc2)S1)c1ccc(Br)cc1. The monoisotopic (exact) mass is 494 g/mol. The average Bonchev–Trinajstić information content (AvgIpc) is 2.63. The molecule has 5 heteroatoms. The number of benzene rings is 2. The molecule has 0 N–H and O–H groups in total. The molecule has 2 aromatic rings. The summed E-state index contributed by atoms with van der Waals surface area (Å²) in [5, 5.41) is 0.616. The van der Waals surface area contributed by atoms with Crippen molar-refractivity contribution < 1.29 is 9.59 Å². The maximum Gasteiger partial charge on any atom is 0.163 e. The van der Waals surface area contributed by atoms with Gasteiger partial charge in [-0.05, 0) is 37.1 Å². The van der Waals surface area contributed by atoms with E-state index in [1.54, 1.807) is 0 Å². The minimum absolute atomic E-state index is 0.190. The van der Waals surface area contributed by atoms with Gasteiger partial charge in [-0.2, -0.15) is 11.8 Å². The molecule has 0 spiro atoms. The smallest absolute Gasteiger partial charge is 0.163 e. The Kier molecular flexibility index (Phi) is 7.12. The van der Waals surface area contributed by atoms with Gasteiger partial charge < -0.3 is 0 Å². The molecule has 2 aromatic carbocycles. The Balaban J connectivity index is 1.55. The molecular formula is C21H20Br2O2S. The van der Waals surface area contributed by atoms with Crippen molar-refractivity contribution in [3.8, 4) is 0 Å². The van der Waals surface area contributed by atoms with Gasteiger partial charge in [-0.1, -0.05) is 62.5 Å². The number of carbonyl (C=O) groups excluding carboxylic acids is 2. The maximum atomic E-state index is 12.5. The number of halogens is 2. The Labute approximate surface area is 175 Å². The first-order chi connectivity index (χ1) is 12.5. The summed E-state index contributed by atoms with van der Waals surface area (Å²) in [5.41, 5.74) is 1.53. The van der Waals surface area contributed by atoms with Crippen molar-refractivity contribution in [2.75, 3.05) is 0 Å². The van der Waals surface area contributed by atoms with E-state index in [-0.39, 0.29) is 11.6 Å². The fraction of sp³-hybridized carbons (Fsp3) is 0.333. The molecule has 0 saturated carbocycles. The van der Waals surface area contributed by atoms with Gasteiger partial charge in [0.05, 0.1) is 0 Å². The van der Waals surface area contributed by atoms with Gasteiger partial charge in [0.15, 0.2) is 11.6 Å². The second-order valence-electron chi connectivity index (χ2n) is 6.58. The molecule has 1 saturated heterocycles. The molecule has 0 aromatic heterocycles. The van der Waals surface area contributed by atoms with Crippen LogP contribution in [-0.4, -0.2) is 22.1 Å². The molecule has 1 aliphatic heterocycles. The minimum atomic E-state index is 0.190. The zero-order chi connectivity index (χ0) is 18.5. The van der Waals surface area contributed by atoms with E-state index in [0.29, 0.717) is 23.3 Å². The Morgan fingerprint density at radius 3 is 1.54 bits per heavy atom. The minimum Gasteiger partial charge on any atom is -0.294 e. The van der Waals surface area contributed by atoms with E-state index in [1.807, 2.05) is 60.3 Å². The Morgan fingerprint density at radius 1 is 0.769 bits per heavy atom. The van der Waals surface area contributed by atoms with Crippen LogP contribution in [0, 0.1) is 0 Å². The lowest BCUT2D eigenvalue weighted by atomic mass is 10.00. The van der Waals surface area contributed by atoms with Crippen LogP contribution in [0.15, 0.2) is 57.5 Å². The molecule has 1 aliphatic rings. The van der Waals surface area contributed by atoms with Crippen LogP contribution in [-0.2, 0) is 0 Å². The maximum absolute atomic E-state index is 12.5. The standard InChI is InChI=1S/C21H20Br2O2S/c22-16-8-4-14(5-9-16)20(24)12-18-2-1-3-19(26-18)13-21(25)15-6-10-17(23)11-7-15/h4-11,18-19H,1-3,12-13H2. The molecule has 0 aliphatic carbocycles. The van der Waals surface area contributed by atoms with Crippen molar-refractivity contribution in [3.63, 3.8) is 0 Å². The van der Waals surface area contributed by atoms with E-state index in [9.17, 15) is 9.59 Å². The van der Waals surface area contributed by atoms with E-state index < -0.39 is 0 Å². The Bertz CT molecular complexity index is 706. The molecule has 136 valence electrons. The summed E-state index contributed by atoms with van der Waals surface area (Å²) in [4.78, 5) is 25.0. The highest BCUT2D eigenvalue weighted by atomic mass is 79.9. The lowest BCUT2D eigenvalue weighted by molar-refractivity contribution is 0.0977. The summed E-state index contributed by atoms with van der Waals surface area (Å²) in [6, 6.07) is 15.1. The Hall–Kier alpha value is -0.910. The summed E-state index contributed by atoms with van der Waals surface area (Å²) in [6.45, 7) is 0. The van der Waals surface area contributed by atoms with Gasteiger partial charge >= 0.3 is 0 Å². The van der Waals surface area contributed by atoms with Crippen LogP contribution in [0.25, 0.3) is 0 Å². The summed E-state index contributed by atoms with van der Waals surface area (Å²) >= 11 is 8.62. The number of hydrogen-bond donors (Lipinski definition) is 0. The Morgan fingerprint density at radius 2 is 1.15 bits per heavy atom. The van der Waals surface area contributed by atoms with Crippen LogP contribution in [0.4, 0.5) is 0 Å². The van der Waals surface area contributed by atoms with Crippen LogP contribution in [0.1, 0.15) is 52.8 Å². The predicted octanol–water partition coefficient (Wildman–Crippen LogP) is 6.71. The van der Waals surface area contributed by atoms with Gasteiger partial charge in [-0.25, -0.2) is 0 Å². The molecule has 2 nitrogen and oxygen atoms in total. The highest BCUT2D eigenvalue weighted by Crippen LogP contribution is 2.36. The zero-order valence-electron chi connectivity index (χ0n) is 14.3. The molecule has 3 rings (SSSR count). The highest BCUT2D eigenvalue weighted by Gasteiger charge is 2.26. The van der Waals surface area contributed by atoms with Gasteiger partial charge in [0.1, 0.15) is 0 Å². The number of thioether (sulfide) groups is 1. The normalized spacial score (nSPS) is 19.9. The first kappa shape index (κ1) is 19.8. The quantitative estimate of drug-likeness (QED) is 0.417. The molecule has 2 atom stereocenters. The van der Waals surface area contributed by atoms with E-state index in [0.717, 1.165) is 39.3 Å². The average molecular weight is 496 g/mol. The summed E-state index contributed by atoms with van der Waals surface area (Å²) < 4.78 is 1.96. The molecule has 26 heavy (non-hydrogen) atoms. The van der Waals surface area contributed by atoms with Crippen LogP contribution in [0.3, 0.4) is 0 Å². The van der Waals surface area contributed by atoms with Crippen molar-refractivity contribution in [1.82, 2.24) is 0 Å². The number of hydrogen-bond acceptors (Lipinski definition) is 3. The van der Waals surface area contributed by atoms with Crippen molar-refractivity contribution in [2.24, 2.45) is 0 Å². The van der Waals surface area contributed by atoms with E-state index in [4.69, 9.17) is 0 Å². The molecule has 0 amide bonds. The van der Waals surface area contributed by atoms with E-state index >= 15 is 0 Å². The molecule has 1 fully saturated rings. The van der Waals surface area contributed by atoms with Crippen molar-refractivity contribution in [2.45, 2.75) is 42.6 Å². The first-order valence-electron chi connectivity index (χ1n) is 8.74. The lowest BCUT2D eigenvalue weighted by Crippen LogP contribution is -2.22. The van der Waals surface area contributed by atoms with Gasteiger partial charge in [-0.15, -0.1) is 0 Å². The fourth-order valence-electron chi connectivity index (χ4n) is 3.20. The van der Waals surface area contributed by atoms with Gasteiger partial charge in [0.2, 0.25) is 0 Å². The van der Waals surface area contributed by atoms with Crippen molar-refractivity contribution >= 4 is 55.2 Å². The fourth-order valence-corrected chi connectivity index (χ4v) is 5.38. The van der Waals surface area contributed by atoms with Gasteiger partial charge in [0.25, 0.3) is 0 Å². The highest BCUT2D eigenvalue weighted by molar-refractivity contribution is 9.10. The molecular weight excluding hydrogens is 476 g/mol. The summed E-state index contributed by atoms with van der Waals surface area (Å²) in [5.74, 6) is 0.379. The van der Waals surface area contributed by atoms with Gasteiger partial charge in [0, 0.05) is 43.4 Å². The second kappa shape index (κ2) is 9.34. The first-order valence-corrected chi connectivity index (χ1v) is 11.3. The third kappa shape index (κ3) is 5.54. The number of Topliss-reactive ketones (excluding diaryl/α,β-unsaturated/α-hetero) is 2. The molecule has 0 bridgehead atoms. The largest absolute Gasteiger partial charge is 0.294 e. The molecule has 0 radical (unpaired) electrons. The van der Waals surface area contributed by atoms with E-state index in [2.05, 4.69) is 31.9 Å². The topological polar surface area (TPSA) is 34.1 Å². The number of ketones is 2. The second-order valence-corrected chi connectivity index (χ2v) is 10.0. The van der Waals surface area contributed by atoms with Crippen LogP contribution >= 0.6 is 43.6 Å². The summed E-state index contributed by atoms with van der Waals surface area (Å²) in [6.07, 6.45) is 4.29. The van der Waals surface area contributed by atoms with Crippen LogP contribution < -0.4 is 0 Å². The number of carbonyl (C=O) groups is 2. The van der Waals surface area contributed by atoms with Crippen molar-refractivity contribution in [3.05, 3.63) is 68.6 Å². The lowest BCUT2D eigenvalue weighted by Gasteiger charge is -2.28. The zero-order valence-corrected chi connectivity index (χ0v) is 18.3.